The topological polar surface area (TPSA) is 66.6 Å². The van der Waals surface area contributed by atoms with E-state index in [1.807, 2.05) is 43.3 Å². The molecule has 0 fully saturated rings. The Morgan fingerprint density at radius 2 is 2.10 bits per heavy atom. The van der Waals surface area contributed by atoms with Crippen LogP contribution in [0, 0.1) is 0 Å². The number of benzene rings is 1. The second-order valence-corrected chi connectivity index (χ2v) is 5.45. The van der Waals surface area contributed by atoms with Crippen molar-refractivity contribution in [1.82, 2.24) is 9.80 Å². The first kappa shape index (κ1) is 15.3. The Morgan fingerprint density at radius 1 is 1.38 bits per heavy atom. The summed E-state index contributed by atoms with van der Waals surface area (Å²) in [5, 5.41) is 0. The molecule has 2 rings (SSSR count). The highest BCUT2D eigenvalue weighted by Crippen LogP contribution is 2.29. The largest absolute Gasteiger partial charge is 0.368 e. The number of rotatable bonds is 4. The average molecular weight is 287 g/mol. The molecule has 1 atom stereocenters. The van der Waals surface area contributed by atoms with Crippen LogP contribution in [0.4, 0.5) is 0 Å². The molecule has 5 heteroatoms. The highest BCUT2D eigenvalue weighted by Gasteiger charge is 2.33. The van der Waals surface area contributed by atoms with Crippen molar-refractivity contribution in [3.05, 3.63) is 47.5 Å². The first-order valence-corrected chi connectivity index (χ1v) is 6.99. The molecule has 0 saturated heterocycles. The molecule has 0 spiro atoms. The molecule has 1 unspecified atom stereocenters. The highest BCUT2D eigenvalue weighted by atomic mass is 16.2. The number of nitrogens with zero attached hydrogens (tertiary/aromatic N) is 2. The van der Waals surface area contributed by atoms with Crippen LogP contribution in [0.15, 0.2) is 36.4 Å². The zero-order chi connectivity index (χ0) is 15.4. The lowest BCUT2D eigenvalue weighted by atomic mass is 9.92. The highest BCUT2D eigenvalue weighted by molar-refractivity contribution is 5.93. The summed E-state index contributed by atoms with van der Waals surface area (Å²) in [6.07, 6.45) is 4.05. The molecule has 1 heterocycles. The summed E-state index contributed by atoms with van der Waals surface area (Å²) >= 11 is 0. The zero-order valence-corrected chi connectivity index (χ0v) is 12.5. The minimum atomic E-state index is -0.675. The van der Waals surface area contributed by atoms with Crippen LogP contribution in [0.5, 0.6) is 0 Å². The lowest BCUT2D eigenvalue weighted by Crippen LogP contribution is -2.45. The third kappa shape index (κ3) is 3.49. The molecular formula is C16H21N3O2. The third-order valence-electron chi connectivity index (χ3n) is 3.57. The fraction of sp³-hybridized carbons (Fsp3) is 0.375. The third-order valence-corrected chi connectivity index (χ3v) is 3.57. The monoisotopic (exact) mass is 287 g/mol. The summed E-state index contributed by atoms with van der Waals surface area (Å²) in [4.78, 5) is 27.6. The van der Waals surface area contributed by atoms with Gasteiger partial charge in [0.25, 0.3) is 0 Å². The van der Waals surface area contributed by atoms with Gasteiger partial charge in [0.1, 0.15) is 6.04 Å². The van der Waals surface area contributed by atoms with Crippen LogP contribution in [-0.2, 0) is 16.0 Å². The molecule has 0 aliphatic carbocycles. The standard InChI is InChI=1S/C16H21N3O2/c1-18(2)10-5-8-14(20)19-11-9-12-6-3-4-7-13(12)15(19)16(17)21/h3-8,15H,9-11H2,1-2H3,(H2,17,21)/b8-5+. The lowest BCUT2D eigenvalue weighted by Gasteiger charge is -2.34. The number of carbonyl (C=O) groups excluding carboxylic acids is 2. The Morgan fingerprint density at radius 3 is 2.76 bits per heavy atom. The van der Waals surface area contributed by atoms with E-state index in [9.17, 15) is 9.59 Å². The normalized spacial score (nSPS) is 18.0. The predicted octanol–water partition coefficient (Wildman–Crippen LogP) is 0.715. The molecule has 0 saturated carbocycles. The SMILES string of the molecule is CN(C)C/C=C/C(=O)N1CCc2ccccc2C1C(N)=O. The van der Waals surface area contributed by atoms with Gasteiger partial charge >= 0.3 is 0 Å². The lowest BCUT2D eigenvalue weighted by molar-refractivity contribution is -0.136. The number of amides is 2. The number of primary amides is 1. The second kappa shape index (κ2) is 6.54. The predicted molar refractivity (Wildman–Crippen MR) is 81.5 cm³/mol. The Balaban J connectivity index is 2.22. The van der Waals surface area contributed by atoms with Crippen LogP contribution >= 0.6 is 0 Å². The molecule has 21 heavy (non-hydrogen) atoms. The Bertz CT molecular complexity index is 566. The van der Waals surface area contributed by atoms with Gasteiger partial charge in [0.15, 0.2) is 0 Å². The minimum Gasteiger partial charge on any atom is -0.368 e. The van der Waals surface area contributed by atoms with Crippen molar-refractivity contribution >= 4 is 11.8 Å². The first-order valence-electron chi connectivity index (χ1n) is 6.99. The van der Waals surface area contributed by atoms with Crippen molar-refractivity contribution in [1.29, 1.82) is 0 Å². The van der Waals surface area contributed by atoms with Crippen LogP contribution in [-0.4, -0.2) is 48.8 Å². The van der Waals surface area contributed by atoms with E-state index in [-0.39, 0.29) is 5.91 Å². The van der Waals surface area contributed by atoms with E-state index in [1.54, 1.807) is 11.0 Å². The van der Waals surface area contributed by atoms with Gasteiger partial charge in [-0.05, 0) is 31.6 Å². The van der Waals surface area contributed by atoms with E-state index in [4.69, 9.17) is 5.73 Å². The Kier molecular flexibility index (Phi) is 4.75. The van der Waals surface area contributed by atoms with E-state index >= 15 is 0 Å². The van der Waals surface area contributed by atoms with Gasteiger partial charge in [-0.25, -0.2) is 0 Å². The van der Waals surface area contributed by atoms with Crippen LogP contribution in [0.2, 0.25) is 0 Å². The molecule has 112 valence electrons. The van der Waals surface area contributed by atoms with Gasteiger partial charge in [0.2, 0.25) is 11.8 Å². The molecule has 1 aromatic carbocycles. The summed E-state index contributed by atoms with van der Waals surface area (Å²) in [7, 11) is 3.86. The van der Waals surface area contributed by atoms with Gasteiger partial charge in [0.05, 0.1) is 0 Å². The number of hydrogen-bond acceptors (Lipinski definition) is 3. The van der Waals surface area contributed by atoms with E-state index in [1.165, 1.54) is 6.08 Å². The fourth-order valence-corrected chi connectivity index (χ4v) is 2.57. The molecule has 1 aliphatic heterocycles. The first-order chi connectivity index (χ1) is 10.0. The molecule has 0 radical (unpaired) electrons. The van der Waals surface area contributed by atoms with Gasteiger partial charge in [-0.1, -0.05) is 30.3 Å². The van der Waals surface area contributed by atoms with E-state index < -0.39 is 11.9 Å². The summed E-state index contributed by atoms with van der Waals surface area (Å²) < 4.78 is 0. The number of fused-ring (bicyclic) bond motifs is 1. The smallest absolute Gasteiger partial charge is 0.247 e. The summed E-state index contributed by atoms with van der Waals surface area (Å²) in [5.74, 6) is -0.660. The molecule has 5 nitrogen and oxygen atoms in total. The van der Waals surface area contributed by atoms with Gasteiger partial charge in [-0.15, -0.1) is 0 Å². The second-order valence-electron chi connectivity index (χ2n) is 5.45. The number of nitrogens with two attached hydrogens (primary N) is 1. The zero-order valence-electron chi connectivity index (χ0n) is 12.5. The quantitative estimate of drug-likeness (QED) is 0.830. The van der Waals surface area contributed by atoms with Gasteiger partial charge in [0, 0.05) is 19.2 Å². The van der Waals surface area contributed by atoms with Crippen molar-refractivity contribution in [2.45, 2.75) is 12.5 Å². The van der Waals surface area contributed by atoms with Crippen LogP contribution < -0.4 is 5.73 Å². The van der Waals surface area contributed by atoms with E-state index in [0.717, 1.165) is 17.5 Å². The number of likely N-dealkylation sites (N-methyl/N-ethyl adjacent to an activating group) is 1. The van der Waals surface area contributed by atoms with Crippen molar-refractivity contribution < 1.29 is 9.59 Å². The molecule has 0 aromatic heterocycles. The summed E-state index contributed by atoms with van der Waals surface area (Å²) in [6.45, 7) is 1.19. The summed E-state index contributed by atoms with van der Waals surface area (Å²) in [5.41, 5.74) is 7.45. The summed E-state index contributed by atoms with van der Waals surface area (Å²) in [6, 6.07) is 6.98. The maximum Gasteiger partial charge on any atom is 0.247 e. The molecule has 2 amide bonds. The van der Waals surface area contributed by atoms with Gasteiger partial charge in [-0.3, -0.25) is 9.59 Å². The average Bonchev–Trinajstić information content (AvgIpc) is 2.45. The minimum absolute atomic E-state index is 0.171. The van der Waals surface area contributed by atoms with E-state index in [0.29, 0.717) is 13.1 Å². The molecular weight excluding hydrogens is 266 g/mol. The number of carbonyl (C=O) groups is 2. The van der Waals surface area contributed by atoms with Crippen molar-refractivity contribution in [2.75, 3.05) is 27.2 Å². The molecule has 1 aliphatic rings. The molecule has 1 aromatic rings. The molecule has 2 N–H and O–H groups in total. The maximum absolute atomic E-state index is 12.3. The van der Waals surface area contributed by atoms with Crippen LogP contribution in [0.25, 0.3) is 0 Å². The van der Waals surface area contributed by atoms with E-state index in [2.05, 4.69) is 0 Å². The fourth-order valence-electron chi connectivity index (χ4n) is 2.57. The van der Waals surface area contributed by atoms with Crippen LogP contribution in [0.3, 0.4) is 0 Å². The Hall–Kier alpha value is -2.14. The maximum atomic E-state index is 12.3. The van der Waals surface area contributed by atoms with Crippen molar-refractivity contribution in [3.8, 4) is 0 Å². The Labute approximate surface area is 125 Å². The molecule has 0 bridgehead atoms. The van der Waals surface area contributed by atoms with Gasteiger partial charge in [-0.2, -0.15) is 0 Å². The van der Waals surface area contributed by atoms with Gasteiger partial charge < -0.3 is 15.5 Å². The van der Waals surface area contributed by atoms with Crippen molar-refractivity contribution in [3.63, 3.8) is 0 Å². The van der Waals surface area contributed by atoms with Crippen LogP contribution in [0.1, 0.15) is 17.2 Å². The number of hydrogen-bond donors (Lipinski definition) is 1. The van der Waals surface area contributed by atoms with Crippen molar-refractivity contribution in [2.24, 2.45) is 5.73 Å².